The van der Waals surface area contributed by atoms with Crippen molar-refractivity contribution in [1.29, 1.82) is 0 Å². The molecule has 0 aliphatic carbocycles. The summed E-state index contributed by atoms with van der Waals surface area (Å²) in [5.74, 6) is 6.19. The van der Waals surface area contributed by atoms with E-state index in [1.165, 1.54) is 6.07 Å². The Kier molecular flexibility index (Phi) is 4.23. The molecule has 20 heavy (non-hydrogen) atoms. The van der Waals surface area contributed by atoms with Gasteiger partial charge in [0.15, 0.2) is 0 Å². The van der Waals surface area contributed by atoms with Gasteiger partial charge in [-0.1, -0.05) is 0 Å². The number of benzene rings is 1. The van der Waals surface area contributed by atoms with Crippen LogP contribution in [0, 0.1) is 11.8 Å². The van der Waals surface area contributed by atoms with Crippen LogP contribution in [0.5, 0.6) is 5.75 Å². The lowest BCUT2D eigenvalue weighted by Crippen LogP contribution is -2.13. The first-order chi connectivity index (χ1) is 9.54. The third-order valence-electron chi connectivity index (χ3n) is 2.66. The highest BCUT2D eigenvalue weighted by Gasteiger charge is 2.15. The Morgan fingerprint density at radius 3 is 2.85 bits per heavy atom. The fourth-order valence-corrected chi connectivity index (χ4v) is 2.55. The molecule has 0 bridgehead atoms. The fraction of sp³-hybridized carbons (Fsp3) is 0.214. The van der Waals surface area contributed by atoms with Gasteiger partial charge in [-0.15, -0.1) is 11.8 Å². The number of sulfonamides is 1. The summed E-state index contributed by atoms with van der Waals surface area (Å²) in [6.45, 7) is 2.18. The molecule has 0 saturated carbocycles. The zero-order valence-corrected chi connectivity index (χ0v) is 11.8. The van der Waals surface area contributed by atoms with Crippen LogP contribution in [0.1, 0.15) is 13.3 Å². The Morgan fingerprint density at radius 1 is 1.35 bits per heavy atom. The quantitative estimate of drug-likeness (QED) is 0.686. The fourth-order valence-electron chi connectivity index (χ4n) is 1.82. The van der Waals surface area contributed by atoms with Crippen molar-refractivity contribution < 1.29 is 13.2 Å². The van der Waals surface area contributed by atoms with E-state index in [-0.39, 0.29) is 4.90 Å². The molecule has 0 aliphatic rings. The van der Waals surface area contributed by atoms with Gasteiger partial charge in [-0.2, -0.15) is 0 Å². The average molecular weight is 290 g/mol. The van der Waals surface area contributed by atoms with Gasteiger partial charge in [0.2, 0.25) is 10.0 Å². The Morgan fingerprint density at radius 2 is 2.15 bits per heavy atom. The Balaban J connectivity index is 2.45. The molecule has 1 aromatic heterocycles. The van der Waals surface area contributed by atoms with E-state index < -0.39 is 10.0 Å². The first-order valence-electron chi connectivity index (χ1n) is 5.97. The summed E-state index contributed by atoms with van der Waals surface area (Å²) in [6.07, 6.45) is 2.18. The van der Waals surface area contributed by atoms with E-state index in [0.29, 0.717) is 29.7 Å². The van der Waals surface area contributed by atoms with Gasteiger partial charge >= 0.3 is 0 Å². The first kappa shape index (κ1) is 14.3. The molecule has 104 valence electrons. The monoisotopic (exact) mass is 290 g/mol. The summed E-state index contributed by atoms with van der Waals surface area (Å²) in [7, 11) is -3.79. The van der Waals surface area contributed by atoms with Gasteiger partial charge in [0.25, 0.3) is 0 Å². The molecule has 0 saturated heterocycles. The molecule has 1 heterocycles. The van der Waals surface area contributed by atoms with Crippen molar-refractivity contribution in [2.75, 3.05) is 6.61 Å². The van der Waals surface area contributed by atoms with Crippen LogP contribution >= 0.6 is 0 Å². The minimum atomic E-state index is -3.79. The number of fused-ring (bicyclic) bond motifs is 1. The van der Waals surface area contributed by atoms with Crippen LogP contribution in [0.4, 0.5) is 0 Å². The predicted molar refractivity (Wildman–Crippen MR) is 76.7 cm³/mol. The number of nitrogens with two attached hydrogens (primary N) is 1. The maximum absolute atomic E-state index is 11.5. The van der Waals surface area contributed by atoms with Crippen molar-refractivity contribution in [3.05, 3.63) is 30.5 Å². The van der Waals surface area contributed by atoms with Crippen molar-refractivity contribution in [1.82, 2.24) is 4.98 Å². The molecule has 2 rings (SSSR count). The van der Waals surface area contributed by atoms with Crippen molar-refractivity contribution >= 4 is 20.9 Å². The van der Waals surface area contributed by atoms with Gasteiger partial charge in [0, 0.05) is 18.0 Å². The lowest BCUT2D eigenvalue weighted by Gasteiger charge is -2.09. The second-order valence-electron chi connectivity index (χ2n) is 4.03. The zero-order chi connectivity index (χ0) is 14.6. The van der Waals surface area contributed by atoms with Crippen LogP contribution in [0.15, 0.2) is 35.4 Å². The predicted octanol–water partition coefficient (Wildman–Crippen LogP) is 1.67. The van der Waals surface area contributed by atoms with Gasteiger partial charge in [-0.3, -0.25) is 4.98 Å². The van der Waals surface area contributed by atoms with Crippen LogP contribution < -0.4 is 9.88 Å². The average Bonchev–Trinajstić information content (AvgIpc) is 2.42. The molecule has 0 amide bonds. The molecule has 2 N–H and O–H groups in total. The molecule has 0 unspecified atom stereocenters. The highest BCUT2D eigenvalue weighted by atomic mass is 32.2. The summed E-state index contributed by atoms with van der Waals surface area (Å²) in [5.41, 5.74) is 0.475. The molecular weight excluding hydrogens is 276 g/mol. The standard InChI is InChI=1S/C14H14N2O3S/c1-2-3-4-10-19-12-7-8-13(20(15,17)18)11-6-5-9-16-14(11)12/h5-9H,4,10H2,1H3,(H2,15,17,18). The number of primary sulfonamides is 1. The molecule has 0 radical (unpaired) electrons. The number of rotatable bonds is 4. The summed E-state index contributed by atoms with van der Waals surface area (Å²) in [4.78, 5) is 4.22. The maximum atomic E-state index is 11.5. The van der Waals surface area contributed by atoms with Crippen molar-refractivity contribution in [2.24, 2.45) is 5.14 Å². The van der Waals surface area contributed by atoms with Crippen LogP contribution in [0.2, 0.25) is 0 Å². The van der Waals surface area contributed by atoms with E-state index in [1.807, 2.05) is 0 Å². The van der Waals surface area contributed by atoms with Gasteiger partial charge < -0.3 is 4.74 Å². The van der Waals surface area contributed by atoms with Gasteiger partial charge in [-0.25, -0.2) is 13.6 Å². The molecule has 5 nitrogen and oxygen atoms in total. The van der Waals surface area contributed by atoms with E-state index in [0.717, 1.165) is 0 Å². The topological polar surface area (TPSA) is 82.3 Å². The lowest BCUT2D eigenvalue weighted by atomic mass is 10.2. The lowest BCUT2D eigenvalue weighted by molar-refractivity contribution is 0.330. The van der Waals surface area contributed by atoms with E-state index in [4.69, 9.17) is 9.88 Å². The summed E-state index contributed by atoms with van der Waals surface area (Å²) in [5, 5.41) is 5.65. The summed E-state index contributed by atoms with van der Waals surface area (Å²) in [6, 6.07) is 6.30. The minimum Gasteiger partial charge on any atom is -0.490 e. The van der Waals surface area contributed by atoms with Gasteiger partial charge in [0.1, 0.15) is 11.3 Å². The molecule has 0 spiro atoms. The van der Waals surface area contributed by atoms with E-state index >= 15 is 0 Å². The second kappa shape index (κ2) is 5.90. The smallest absolute Gasteiger partial charge is 0.238 e. The molecular formula is C14H14N2O3S. The molecule has 6 heteroatoms. The van der Waals surface area contributed by atoms with E-state index in [2.05, 4.69) is 16.8 Å². The van der Waals surface area contributed by atoms with Crippen LogP contribution in [0.25, 0.3) is 10.9 Å². The van der Waals surface area contributed by atoms with Crippen molar-refractivity contribution in [2.45, 2.75) is 18.2 Å². The minimum absolute atomic E-state index is 0.0429. The van der Waals surface area contributed by atoms with E-state index in [1.54, 1.807) is 31.3 Å². The zero-order valence-electron chi connectivity index (χ0n) is 11.0. The molecule has 1 aromatic carbocycles. The largest absolute Gasteiger partial charge is 0.490 e. The normalized spacial score (nSPS) is 10.9. The Bertz CT molecular complexity index is 789. The SMILES string of the molecule is CC#CCCOc1ccc(S(N)(=O)=O)c2cccnc12. The Labute approximate surface area is 117 Å². The van der Waals surface area contributed by atoms with Crippen molar-refractivity contribution in [3.8, 4) is 17.6 Å². The first-order valence-corrected chi connectivity index (χ1v) is 7.51. The number of aromatic nitrogens is 1. The number of pyridine rings is 1. The molecule has 0 aliphatic heterocycles. The molecule has 0 fully saturated rings. The van der Waals surface area contributed by atoms with Crippen LogP contribution in [-0.4, -0.2) is 20.0 Å². The van der Waals surface area contributed by atoms with Gasteiger partial charge in [0.05, 0.1) is 11.5 Å². The Hall–Kier alpha value is -2.10. The second-order valence-corrected chi connectivity index (χ2v) is 5.56. The number of ether oxygens (including phenoxy) is 1. The van der Waals surface area contributed by atoms with Crippen molar-refractivity contribution in [3.63, 3.8) is 0 Å². The highest BCUT2D eigenvalue weighted by molar-refractivity contribution is 7.89. The van der Waals surface area contributed by atoms with Gasteiger partial charge in [-0.05, 0) is 31.2 Å². The molecule has 2 aromatic rings. The van der Waals surface area contributed by atoms with Crippen LogP contribution in [-0.2, 0) is 10.0 Å². The molecule has 0 atom stereocenters. The highest BCUT2D eigenvalue weighted by Crippen LogP contribution is 2.28. The number of nitrogens with zero attached hydrogens (tertiary/aromatic N) is 1. The third-order valence-corrected chi connectivity index (χ3v) is 3.63. The van der Waals surface area contributed by atoms with E-state index in [9.17, 15) is 8.42 Å². The summed E-state index contributed by atoms with van der Waals surface area (Å²) < 4.78 is 28.7. The summed E-state index contributed by atoms with van der Waals surface area (Å²) >= 11 is 0. The van der Waals surface area contributed by atoms with Crippen LogP contribution in [0.3, 0.4) is 0 Å². The third kappa shape index (κ3) is 3.07. The maximum Gasteiger partial charge on any atom is 0.238 e. The number of hydrogen-bond acceptors (Lipinski definition) is 4. The number of hydrogen-bond donors (Lipinski definition) is 1.